The molecule has 0 saturated carbocycles. The lowest BCUT2D eigenvalue weighted by Crippen LogP contribution is -2.52. The van der Waals surface area contributed by atoms with E-state index in [0.29, 0.717) is 25.3 Å². The van der Waals surface area contributed by atoms with Gasteiger partial charge < -0.3 is 9.64 Å². The molecule has 1 saturated heterocycles. The molecule has 21 heavy (non-hydrogen) atoms. The van der Waals surface area contributed by atoms with Crippen molar-refractivity contribution in [3.63, 3.8) is 0 Å². The smallest absolute Gasteiger partial charge is 0.410 e. The lowest BCUT2D eigenvalue weighted by Gasteiger charge is -2.41. The molecule has 0 aromatic heterocycles. The predicted octanol–water partition coefficient (Wildman–Crippen LogP) is 3.33. The van der Waals surface area contributed by atoms with Crippen molar-refractivity contribution in [3.8, 4) is 0 Å². The van der Waals surface area contributed by atoms with E-state index in [2.05, 4.69) is 19.1 Å². The summed E-state index contributed by atoms with van der Waals surface area (Å²) in [7, 11) is 0. The number of likely N-dealkylation sites (tertiary alicyclic amines) is 1. The number of allylic oxidation sites excluding steroid dienone is 3. The molecular formula is C17H25NO3. The fourth-order valence-electron chi connectivity index (χ4n) is 2.96. The third-order valence-electron chi connectivity index (χ3n) is 4.01. The Morgan fingerprint density at radius 2 is 1.95 bits per heavy atom. The summed E-state index contributed by atoms with van der Waals surface area (Å²) in [5, 5.41) is 0. The van der Waals surface area contributed by atoms with E-state index < -0.39 is 5.60 Å². The fourth-order valence-corrected chi connectivity index (χ4v) is 2.96. The van der Waals surface area contributed by atoms with Crippen LogP contribution in [-0.2, 0) is 9.53 Å². The van der Waals surface area contributed by atoms with Crippen LogP contribution in [0.5, 0.6) is 0 Å². The van der Waals surface area contributed by atoms with E-state index in [0.717, 1.165) is 0 Å². The van der Waals surface area contributed by atoms with Gasteiger partial charge in [-0.15, -0.1) is 0 Å². The van der Waals surface area contributed by atoms with Gasteiger partial charge in [0.1, 0.15) is 11.4 Å². The predicted molar refractivity (Wildman–Crippen MR) is 81.9 cm³/mol. The number of carbonyl (C=O) groups is 2. The molecule has 1 amide bonds. The Morgan fingerprint density at radius 1 is 1.29 bits per heavy atom. The molecule has 116 valence electrons. The summed E-state index contributed by atoms with van der Waals surface area (Å²) >= 11 is 0. The van der Waals surface area contributed by atoms with E-state index in [9.17, 15) is 9.59 Å². The summed E-state index contributed by atoms with van der Waals surface area (Å²) < 4.78 is 5.50. The second kappa shape index (κ2) is 6.04. The Bertz CT molecular complexity index is 473. The van der Waals surface area contributed by atoms with Crippen LogP contribution in [0.25, 0.3) is 0 Å². The largest absolute Gasteiger partial charge is 0.444 e. The van der Waals surface area contributed by atoms with Crippen molar-refractivity contribution in [3.05, 3.63) is 24.3 Å². The minimum Gasteiger partial charge on any atom is -0.444 e. The summed E-state index contributed by atoms with van der Waals surface area (Å²) in [4.78, 5) is 26.0. The Kier molecular flexibility index (Phi) is 4.55. The van der Waals surface area contributed by atoms with Gasteiger partial charge in [0.2, 0.25) is 0 Å². The molecule has 0 aromatic carbocycles. The molecule has 0 radical (unpaired) electrons. The SMILES string of the molecule is CC1C=CC=CC1C1CC(=O)CCN1C(=O)OC(C)(C)C. The van der Waals surface area contributed by atoms with Crippen molar-refractivity contribution in [2.45, 2.75) is 52.2 Å². The standard InChI is InChI=1S/C17H25NO3/c1-12-7-5-6-8-14(12)15-11-13(19)9-10-18(15)16(20)21-17(2,3)4/h5-8,12,14-15H,9-11H2,1-4H3. The Hall–Kier alpha value is -1.58. The van der Waals surface area contributed by atoms with Gasteiger partial charge in [0, 0.05) is 31.3 Å². The van der Waals surface area contributed by atoms with Crippen LogP contribution in [0, 0.1) is 11.8 Å². The molecule has 0 spiro atoms. The zero-order valence-electron chi connectivity index (χ0n) is 13.3. The van der Waals surface area contributed by atoms with Crippen molar-refractivity contribution in [2.24, 2.45) is 11.8 Å². The molecule has 4 nitrogen and oxygen atoms in total. The number of carbonyl (C=O) groups excluding carboxylic acids is 2. The van der Waals surface area contributed by atoms with Crippen molar-refractivity contribution in [1.82, 2.24) is 4.90 Å². The first-order valence-electron chi connectivity index (χ1n) is 7.64. The van der Waals surface area contributed by atoms with Gasteiger partial charge in [0.15, 0.2) is 0 Å². The molecule has 1 aliphatic carbocycles. The Labute approximate surface area is 126 Å². The number of hydrogen-bond acceptors (Lipinski definition) is 3. The van der Waals surface area contributed by atoms with Gasteiger partial charge in [-0.25, -0.2) is 4.79 Å². The highest BCUT2D eigenvalue weighted by atomic mass is 16.6. The van der Waals surface area contributed by atoms with Gasteiger partial charge in [-0.2, -0.15) is 0 Å². The van der Waals surface area contributed by atoms with Gasteiger partial charge in [0.25, 0.3) is 0 Å². The monoisotopic (exact) mass is 291 g/mol. The van der Waals surface area contributed by atoms with Crippen LogP contribution in [-0.4, -0.2) is 35.0 Å². The third-order valence-corrected chi connectivity index (χ3v) is 4.01. The number of amides is 1. The number of Topliss-reactive ketones (excluding diaryl/α,β-unsaturated/α-hetero) is 1. The van der Waals surface area contributed by atoms with E-state index >= 15 is 0 Å². The van der Waals surface area contributed by atoms with Crippen LogP contribution in [0.3, 0.4) is 0 Å². The number of hydrogen-bond donors (Lipinski definition) is 0. The molecular weight excluding hydrogens is 266 g/mol. The second-order valence-corrected chi connectivity index (χ2v) is 6.94. The van der Waals surface area contributed by atoms with Gasteiger partial charge in [-0.1, -0.05) is 31.2 Å². The summed E-state index contributed by atoms with van der Waals surface area (Å²) in [6.45, 7) is 8.17. The van der Waals surface area contributed by atoms with Crippen molar-refractivity contribution < 1.29 is 14.3 Å². The number of ether oxygens (including phenoxy) is 1. The molecule has 1 heterocycles. The molecule has 3 atom stereocenters. The zero-order chi connectivity index (χ0) is 15.6. The van der Waals surface area contributed by atoms with Crippen molar-refractivity contribution >= 4 is 11.9 Å². The van der Waals surface area contributed by atoms with E-state index in [1.807, 2.05) is 32.9 Å². The van der Waals surface area contributed by atoms with Crippen LogP contribution in [0.4, 0.5) is 4.79 Å². The molecule has 0 bridgehead atoms. The fraction of sp³-hybridized carbons (Fsp3) is 0.647. The first kappa shape index (κ1) is 15.8. The van der Waals surface area contributed by atoms with Crippen LogP contribution in [0.15, 0.2) is 24.3 Å². The summed E-state index contributed by atoms with van der Waals surface area (Å²) in [5.41, 5.74) is -0.517. The highest BCUT2D eigenvalue weighted by molar-refractivity contribution is 5.82. The van der Waals surface area contributed by atoms with Crippen LogP contribution < -0.4 is 0 Å². The van der Waals surface area contributed by atoms with Crippen LogP contribution in [0.2, 0.25) is 0 Å². The first-order chi connectivity index (χ1) is 9.78. The number of rotatable bonds is 1. The number of ketones is 1. The lowest BCUT2D eigenvalue weighted by molar-refractivity contribution is -0.123. The molecule has 1 aliphatic heterocycles. The summed E-state index contributed by atoms with van der Waals surface area (Å²) in [6.07, 6.45) is 8.78. The summed E-state index contributed by atoms with van der Waals surface area (Å²) in [6, 6.07) is -0.0997. The third kappa shape index (κ3) is 3.96. The van der Waals surface area contributed by atoms with E-state index in [1.54, 1.807) is 4.90 Å². The van der Waals surface area contributed by atoms with Gasteiger partial charge in [-0.3, -0.25) is 4.79 Å². The van der Waals surface area contributed by atoms with Crippen LogP contribution in [0.1, 0.15) is 40.5 Å². The second-order valence-electron chi connectivity index (χ2n) is 6.94. The van der Waals surface area contributed by atoms with E-state index in [4.69, 9.17) is 4.74 Å². The first-order valence-corrected chi connectivity index (χ1v) is 7.64. The van der Waals surface area contributed by atoms with Gasteiger partial charge in [-0.05, 0) is 26.7 Å². The molecule has 0 N–H and O–H groups in total. The molecule has 2 aliphatic rings. The molecule has 3 unspecified atom stereocenters. The molecule has 2 rings (SSSR count). The zero-order valence-corrected chi connectivity index (χ0v) is 13.3. The molecule has 0 aromatic rings. The Morgan fingerprint density at radius 3 is 2.57 bits per heavy atom. The normalized spacial score (nSPS) is 29.6. The maximum Gasteiger partial charge on any atom is 0.410 e. The molecule has 1 fully saturated rings. The van der Waals surface area contributed by atoms with Gasteiger partial charge in [0.05, 0.1) is 0 Å². The quantitative estimate of drug-likeness (QED) is 0.744. The Balaban J connectivity index is 2.17. The van der Waals surface area contributed by atoms with Gasteiger partial charge >= 0.3 is 6.09 Å². The highest BCUT2D eigenvalue weighted by Gasteiger charge is 2.38. The highest BCUT2D eigenvalue weighted by Crippen LogP contribution is 2.31. The topological polar surface area (TPSA) is 46.6 Å². The maximum atomic E-state index is 12.4. The summed E-state index contributed by atoms with van der Waals surface area (Å²) in [5.74, 6) is 0.720. The van der Waals surface area contributed by atoms with Crippen molar-refractivity contribution in [1.29, 1.82) is 0 Å². The average molecular weight is 291 g/mol. The van der Waals surface area contributed by atoms with Crippen LogP contribution >= 0.6 is 0 Å². The molecule has 4 heteroatoms. The average Bonchev–Trinajstić information content (AvgIpc) is 2.37. The van der Waals surface area contributed by atoms with Crippen molar-refractivity contribution in [2.75, 3.05) is 6.54 Å². The maximum absolute atomic E-state index is 12.4. The van der Waals surface area contributed by atoms with E-state index in [1.165, 1.54) is 0 Å². The number of nitrogens with zero attached hydrogens (tertiary/aromatic N) is 1. The lowest BCUT2D eigenvalue weighted by atomic mass is 9.79. The minimum absolute atomic E-state index is 0.0997. The van der Waals surface area contributed by atoms with E-state index in [-0.39, 0.29) is 23.8 Å². The number of piperidine rings is 1. The minimum atomic E-state index is -0.517.